The van der Waals surface area contributed by atoms with Gasteiger partial charge in [0, 0.05) is 0 Å². The normalized spacial score (nSPS) is 12.2. The van der Waals surface area contributed by atoms with Crippen molar-refractivity contribution in [1.29, 1.82) is 0 Å². The lowest BCUT2D eigenvalue weighted by molar-refractivity contribution is -0.386. The average Bonchev–Trinajstić information content (AvgIpc) is 2.53. The van der Waals surface area contributed by atoms with E-state index in [1.807, 2.05) is 18.8 Å². The van der Waals surface area contributed by atoms with E-state index in [-0.39, 0.29) is 11.8 Å². The fourth-order valence-electron chi connectivity index (χ4n) is 1.95. The highest BCUT2D eigenvalue weighted by Crippen LogP contribution is 2.17. The first-order valence-electron chi connectivity index (χ1n) is 7.36. The SMILES string of the molecule is CC[C@H](C)Oc1ccc(/C=C/c2[nH]c(=O)[nH]c(=O)c2[N+](=O)[O-])cc1. The van der Waals surface area contributed by atoms with Crippen molar-refractivity contribution in [2.75, 3.05) is 0 Å². The Morgan fingerprint density at radius 1 is 1.21 bits per heavy atom. The number of hydrogen-bond acceptors (Lipinski definition) is 5. The number of hydrogen-bond donors (Lipinski definition) is 2. The van der Waals surface area contributed by atoms with Crippen LogP contribution in [0.1, 0.15) is 31.5 Å². The van der Waals surface area contributed by atoms with Crippen LogP contribution >= 0.6 is 0 Å². The highest BCUT2D eigenvalue weighted by Gasteiger charge is 2.18. The molecule has 126 valence electrons. The molecule has 0 fully saturated rings. The summed E-state index contributed by atoms with van der Waals surface area (Å²) in [4.78, 5) is 37.0. The number of H-pyrrole nitrogens is 2. The van der Waals surface area contributed by atoms with Crippen LogP contribution in [-0.2, 0) is 0 Å². The number of nitrogens with zero attached hydrogens (tertiary/aromatic N) is 1. The summed E-state index contributed by atoms with van der Waals surface area (Å²) in [6.45, 7) is 3.99. The van der Waals surface area contributed by atoms with E-state index in [1.165, 1.54) is 6.08 Å². The Balaban J connectivity index is 2.27. The maximum absolute atomic E-state index is 11.5. The van der Waals surface area contributed by atoms with E-state index in [4.69, 9.17) is 4.74 Å². The minimum absolute atomic E-state index is 0.107. The van der Waals surface area contributed by atoms with Crippen LogP contribution in [0.5, 0.6) is 5.75 Å². The van der Waals surface area contributed by atoms with Gasteiger partial charge in [0.1, 0.15) is 11.4 Å². The van der Waals surface area contributed by atoms with Gasteiger partial charge in [0.15, 0.2) is 0 Å². The predicted molar refractivity (Wildman–Crippen MR) is 90.1 cm³/mol. The molecule has 1 heterocycles. The largest absolute Gasteiger partial charge is 0.491 e. The summed E-state index contributed by atoms with van der Waals surface area (Å²) in [7, 11) is 0. The first-order valence-corrected chi connectivity index (χ1v) is 7.36. The van der Waals surface area contributed by atoms with Crippen molar-refractivity contribution in [3.8, 4) is 5.75 Å². The molecule has 1 atom stereocenters. The summed E-state index contributed by atoms with van der Waals surface area (Å²) in [5.41, 5.74) is -1.97. The van der Waals surface area contributed by atoms with E-state index in [9.17, 15) is 19.7 Å². The predicted octanol–water partition coefficient (Wildman–Crippen LogP) is 2.32. The zero-order chi connectivity index (χ0) is 17.7. The molecule has 0 unspecified atom stereocenters. The Morgan fingerprint density at radius 3 is 2.46 bits per heavy atom. The molecule has 0 amide bonds. The minimum Gasteiger partial charge on any atom is -0.491 e. The lowest BCUT2D eigenvalue weighted by Gasteiger charge is -2.12. The first kappa shape index (κ1) is 17.2. The van der Waals surface area contributed by atoms with E-state index in [2.05, 4.69) is 4.98 Å². The van der Waals surface area contributed by atoms with Gasteiger partial charge in [0.2, 0.25) is 0 Å². The summed E-state index contributed by atoms with van der Waals surface area (Å²) >= 11 is 0. The van der Waals surface area contributed by atoms with Crippen molar-refractivity contribution in [2.24, 2.45) is 0 Å². The third kappa shape index (κ3) is 4.19. The van der Waals surface area contributed by atoms with Crippen molar-refractivity contribution >= 4 is 17.8 Å². The van der Waals surface area contributed by atoms with Crippen molar-refractivity contribution < 1.29 is 9.66 Å². The fourth-order valence-corrected chi connectivity index (χ4v) is 1.95. The topological polar surface area (TPSA) is 118 Å². The molecule has 8 nitrogen and oxygen atoms in total. The Hall–Kier alpha value is -3.16. The van der Waals surface area contributed by atoms with Crippen molar-refractivity contribution in [2.45, 2.75) is 26.4 Å². The maximum atomic E-state index is 11.5. The third-order valence-corrected chi connectivity index (χ3v) is 3.36. The number of nitro groups is 1. The van der Waals surface area contributed by atoms with E-state index >= 15 is 0 Å². The van der Waals surface area contributed by atoms with Gasteiger partial charge in [-0.05, 0) is 37.1 Å². The van der Waals surface area contributed by atoms with Crippen LogP contribution < -0.4 is 16.0 Å². The smallest absolute Gasteiger partial charge is 0.357 e. The standard InChI is InChI=1S/C16H17N3O5/c1-3-10(2)24-12-7-4-11(5-8-12)6-9-13-14(19(22)23)15(20)18-16(21)17-13/h4-10H,3H2,1-2H3,(H2,17,18,20,21)/b9-6+/t10-/m0/s1. The molecule has 0 aliphatic carbocycles. The van der Waals surface area contributed by atoms with Gasteiger partial charge in [-0.1, -0.05) is 25.1 Å². The second kappa shape index (κ2) is 7.40. The molecule has 0 aliphatic heterocycles. The van der Waals surface area contributed by atoms with Crippen LogP contribution in [0, 0.1) is 10.1 Å². The second-order valence-corrected chi connectivity index (χ2v) is 5.17. The van der Waals surface area contributed by atoms with Gasteiger partial charge in [0.05, 0.1) is 11.0 Å². The molecule has 0 aliphatic rings. The van der Waals surface area contributed by atoms with Gasteiger partial charge in [-0.15, -0.1) is 0 Å². The lowest BCUT2D eigenvalue weighted by Crippen LogP contribution is -2.25. The number of rotatable bonds is 6. The summed E-state index contributed by atoms with van der Waals surface area (Å²) in [5.74, 6) is 0.719. The number of ether oxygens (including phenoxy) is 1. The Labute approximate surface area is 137 Å². The number of aromatic nitrogens is 2. The van der Waals surface area contributed by atoms with Crippen molar-refractivity contribution in [3.05, 3.63) is 66.5 Å². The van der Waals surface area contributed by atoms with E-state index < -0.39 is 21.9 Å². The van der Waals surface area contributed by atoms with Crippen LogP contribution in [0.15, 0.2) is 33.9 Å². The maximum Gasteiger partial charge on any atom is 0.357 e. The molecule has 1 aromatic heterocycles. The monoisotopic (exact) mass is 331 g/mol. The van der Waals surface area contributed by atoms with Crippen LogP contribution in [0.2, 0.25) is 0 Å². The van der Waals surface area contributed by atoms with Crippen LogP contribution in [0.3, 0.4) is 0 Å². The van der Waals surface area contributed by atoms with E-state index in [1.54, 1.807) is 30.3 Å². The Kier molecular flexibility index (Phi) is 5.31. The Bertz CT molecular complexity index is 865. The van der Waals surface area contributed by atoms with E-state index in [0.717, 1.165) is 17.7 Å². The molecular formula is C16H17N3O5. The molecule has 0 bridgehead atoms. The van der Waals surface area contributed by atoms with Crippen LogP contribution in [-0.4, -0.2) is 21.0 Å². The fraction of sp³-hybridized carbons (Fsp3) is 0.250. The van der Waals surface area contributed by atoms with Crippen LogP contribution in [0.25, 0.3) is 12.2 Å². The highest BCUT2D eigenvalue weighted by atomic mass is 16.6. The molecule has 1 aromatic carbocycles. The molecule has 0 radical (unpaired) electrons. The van der Waals surface area contributed by atoms with Gasteiger partial charge in [0.25, 0.3) is 0 Å². The summed E-state index contributed by atoms with van der Waals surface area (Å²) in [6.07, 6.45) is 3.88. The zero-order valence-electron chi connectivity index (χ0n) is 13.2. The highest BCUT2D eigenvalue weighted by molar-refractivity contribution is 5.71. The third-order valence-electron chi connectivity index (χ3n) is 3.36. The zero-order valence-corrected chi connectivity index (χ0v) is 13.2. The van der Waals surface area contributed by atoms with Crippen LogP contribution in [0.4, 0.5) is 5.69 Å². The molecule has 24 heavy (non-hydrogen) atoms. The number of aromatic amines is 2. The number of benzene rings is 1. The molecule has 0 spiro atoms. The molecule has 2 N–H and O–H groups in total. The number of nitrogens with one attached hydrogen (secondary N) is 2. The minimum atomic E-state index is -1.04. The summed E-state index contributed by atoms with van der Waals surface area (Å²) in [6, 6.07) is 7.10. The molecule has 8 heteroatoms. The van der Waals surface area contributed by atoms with Gasteiger partial charge < -0.3 is 9.72 Å². The summed E-state index contributed by atoms with van der Waals surface area (Å²) < 4.78 is 5.66. The first-order chi connectivity index (χ1) is 11.4. The van der Waals surface area contributed by atoms with E-state index in [0.29, 0.717) is 0 Å². The second-order valence-electron chi connectivity index (χ2n) is 5.17. The molecule has 0 saturated heterocycles. The molecule has 0 saturated carbocycles. The van der Waals surface area contributed by atoms with Gasteiger partial charge in [-0.2, -0.15) is 0 Å². The van der Waals surface area contributed by atoms with Gasteiger partial charge in [-0.3, -0.25) is 19.9 Å². The quantitative estimate of drug-likeness (QED) is 0.622. The summed E-state index contributed by atoms with van der Waals surface area (Å²) in [5, 5.41) is 11.0. The molecule has 2 rings (SSSR count). The molecule has 2 aromatic rings. The van der Waals surface area contributed by atoms with Gasteiger partial charge in [-0.25, -0.2) is 4.79 Å². The van der Waals surface area contributed by atoms with Crippen molar-refractivity contribution in [1.82, 2.24) is 9.97 Å². The molecular weight excluding hydrogens is 314 g/mol. The van der Waals surface area contributed by atoms with Crippen molar-refractivity contribution in [3.63, 3.8) is 0 Å². The average molecular weight is 331 g/mol. The van der Waals surface area contributed by atoms with Gasteiger partial charge >= 0.3 is 16.9 Å². The lowest BCUT2D eigenvalue weighted by atomic mass is 10.2. The Morgan fingerprint density at radius 2 is 1.88 bits per heavy atom.